The van der Waals surface area contributed by atoms with Crippen molar-refractivity contribution in [1.82, 2.24) is 15.4 Å². The van der Waals surface area contributed by atoms with Crippen LogP contribution in [0.15, 0.2) is 27.4 Å². The first-order valence-corrected chi connectivity index (χ1v) is 8.33. The number of aromatic nitrogens is 1. The van der Waals surface area contributed by atoms with Gasteiger partial charge in [-0.1, -0.05) is 0 Å². The molecule has 0 aromatic carbocycles. The Balaban J connectivity index is 2.08. The first kappa shape index (κ1) is 21.1. The molecule has 2 N–H and O–H groups in total. The summed E-state index contributed by atoms with van der Waals surface area (Å²) in [7, 11) is 0. The summed E-state index contributed by atoms with van der Waals surface area (Å²) in [6, 6.07) is 0. The first-order valence-electron chi connectivity index (χ1n) is 8.33. The number of allylic oxidation sites excluding steroid dienone is 1. The third-order valence-electron chi connectivity index (χ3n) is 4.31. The minimum atomic E-state index is -4.31. The summed E-state index contributed by atoms with van der Waals surface area (Å²) in [6.45, 7) is 7.77. The molecule has 1 aromatic rings. The Morgan fingerprint density at radius 1 is 1.33 bits per heavy atom. The average molecular weight is 388 g/mol. The van der Waals surface area contributed by atoms with E-state index in [2.05, 4.69) is 15.3 Å². The first-order chi connectivity index (χ1) is 12.2. The standard InChI is InChI=1S/C17H23F3N4O3/c1-10-21-9-12(27-10)15(2,3)11-8-13(24(11)26)23-14(25)16(4,5)22-7-6-17(18,19)20/h8-9,22,26H,6-7H2,1-5H3. The average Bonchev–Trinajstić information content (AvgIpc) is 2.95. The highest BCUT2D eigenvalue weighted by Crippen LogP contribution is 2.37. The number of nitrogens with one attached hydrogen (secondary N) is 1. The maximum Gasteiger partial charge on any atom is 0.390 e. The minimum absolute atomic E-state index is 0.00464. The van der Waals surface area contributed by atoms with Crippen LogP contribution >= 0.6 is 0 Å². The Morgan fingerprint density at radius 3 is 2.44 bits per heavy atom. The van der Waals surface area contributed by atoms with Gasteiger partial charge in [0.15, 0.2) is 11.7 Å². The SMILES string of the molecule is Cc1ncc(C(C)(C)C2=CC(=NC(=O)C(C)(C)NCCC(F)(F)F)N2O)o1. The Kier molecular flexibility index (Phi) is 5.53. The van der Waals surface area contributed by atoms with E-state index in [1.807, 2.05) is 13.8 Å². The van der Waals surface area contributed by atoms with E-state index < -0.39 is 36.0 Å². The maximum atomic E-state index is 12.3. The molecule has 2 heterocycles. The summed E-state index contributed by atoms with van der Waals surface area (Å²) >= 11 is 0. The highest BCUT2D eigenvalue weighted by atomic mass is 19.4. The number of nitrogens with zero attached hydrogens (tertiary/aromatic N) is 3. The highest BCUT2D eigenvalue weighted by Gasteiger charge is 2.41. The van der Waals surface area contributed by atoms with E-state index in [4.69, 9.17) is 4.42 Å². The number of aryl methyl sites for hydroxylation is 1. The third kappa shape index (κ3) is 4.75. The van der Waals surface area contributed by atoms with E-state index in [1.54, 1.807) is 13.1 Å². The van der Waals surface area contributed by atoms with Crippen LogP contribution in [0.25, 0.3) is 0 Å². The van der Waals surface area contributed by atoms with Crippen molar-refractivity contribution in [3.05, 3.63) is 29.6 Å². The van der Waals surface area contributed by atoms with Crippen LogP contribution in [0.2, 0.25) is 0 Å². The molecule has 0 radical (unpaired) electrons. The molecule has 7 nitrogen and oxygen atoms in total. The van der Waals surface area contributed by atoms with Crippen LogP contribution in [0.1, 0.15) is 45.8 Å². The van der Waals surface area contributed by atoms with Crippen molar-refractivity contribution in [3.8, 4) is 0 Å². The zero-order valence-electron chi connectivity index (χ0n) is 15.8. The number of halogens is 3. The van der Waals surface area contributed by atoms with Crippen LogP contribution in [0, 0.1) is 6.92 Å². The molecule has 1 aromatic heterocycles. The van der Waals surface area contributed by atoms with Gasteiger partial charge in [0.2, 0.25) is 0 Å². The molecule has 0 saturated heterocycles. The van der Waals surface area contributed by atoms with Crippen LogP contribution in [0.4, 0.5) is 13.2 Å². The second-order valence-corrected chi connectivity index (χ2v) is 7.40. The second-order valence-electron chi connectivity index (χ2n) is 7.40. The number of hydrogen-bond donors (Lipinski definition) is 2. The lowest BCUT2D eigenvalue weighted by atomic mass is 9.83. The Morgan fingerprint density at radius 2 is 1.96 bits per heavy atom. The van der Waals surface area contributed by atoms with Gasteiger partial charge in [-0.2, -0.15) is 18.2 Å². The minimum Gasteiger partial charge on any atom is -0.445 e. The molecule has 10 heteroatoms. The summed E-state index contributed by atoms with van der Waals surface area (Å²) in [6.07, 6.45) is -2.29. The largest absolute Gasteiger partial charge is 0.445 e. The number of alkyl halides is 3. The molecule has 0 fully saturated rings. The number of hydroxylamine groups is 2. The lowest BCUT2D eigenvalue weighted by molar-refractivity contribution is -0.136. The normalized spacial score (nSPS) is 17.1. The van der Waals surface area contributed by atoms with Crippen molar-refractivity contribution in [3.63, 3.8) is 0 Å². The van der Waals surface area contributed by atoms with Gasteiger partial charge in [-0.15, -0.1) is 0 Å². The molecule has 0 spiro atoms. The summed E-state index contributed by atoms with van der Waals surface area (Å²) in [5.74, 6) is 0.329. The molecular formula is C17H23F3N4O3. The van der Waals surface area contributed by atoms with Gasteiger partial charge in [0, 0.05) is 19.5 Å². The fraction of sp³-hybridized carbons (Fsp3) is 0.588. The van der Waals surface area contributed by atoms with Gasteiger partial charge in [-0.05, 0) is 27.7 Å². The fourth-order valence-corrected chi connectivity index (χ4v) is 2.44. The number of carbonyl (C=O) groups excluding carboxylic acids is 1. The van der Waals surface area contributed by atoms with Crippen LogP contribution in [-0.2, 0) is 10.2 Å². The van der Waals surface area contributed by atoms with E-state index in [1.165, 1.54) is 19.9 Å². The molecule has 0 aliphatic carbocycles. The van der Waals surface area contributed by atoms with Crippen molar-refractivity contribution in [2.75, 3.05) is 6.54 Å². The molecule has 1 aliphatic rings. The Bertz CT molecular complexity index is 779. The summed E-state index contributed by atoms with van der Waals surface area (Å²) in [5.41, 5.74) is -1.56. The van der Waals surface area contributed by atoms with E-state index in [0.717, 1.165) is 5.06 Å². The predicted molar refractivity (Wildman–Crippen MR) is 91.2 cm³/mol. The maximum absolute atomic E-state index is 12.3. The van der Waals surface area contributed by atoms with Gasteiger partial charge >= 0.3 is 6.18 Å². The van der Waals surface area contributed by atoms with Crippen LogP contribution in [-0.4, -0.2) is 45.3 Å². The molecule has 27 heavy (non-hydrogen) atoms. The van der Waals surface area contributed by atoms with E-state index in [-0.39, 0.29) is 5.84 Å². The molecular weight excluding hydrogens is 365 g/mol. The van der Waals surface area contributed by atoms with Gasteiger partial charge in [0.25, 0.3) is 5.91 Å². The number of carbonyl (C=O) groups is 1. The molecule has 0 atom stereocenters. The van der Waals surface area contributed by atoms with Crippen LogP contribution in [0.5, 0.6) is 0 Å². The number of hydrogen-bond acceptors (Lipinski definition) is 5. The molecule has 2 rings (SSSR count). The van der Waals surface area contributed by atoms with Gasteiger partial charge in [-0.25, -0.2) is 10.0 Å². The Hall–Kier alpha value is -2.20. The van der Waals surface area contributed by atoms with Crippen LogP contribution < -0.4 is 5.32 Å². The van der Waals surface area contributed by atoms with Gasteiger partial charge in [0.05, 0.1) is 29.3 Å². The monoisotopic (exact) mass is 388 g/mol. The van der Waals surface area contributed by atoms with Gasteiger partial charge in [-0.3, -0.25) is 10.0 Å². The van der Waals surface area contributed by atoms with E-state index in [0.29, 0.717) is 17.3 Å². The summed E-state index contributed by atoms with van der Waals surface area (Å²) < 4.78 is 42.2. The zero-order chi connectivity index (χ0) is 20.6. The lowest BCUT2D eigenvalue weighted by Crippen LogP contribution is -2.49. The fourth-order valence-electron chi connectivity index (χ4n) is 2.44. The van der Waals surface area contributed by atoms with Gasteiger partial charge < -0.3 is 9.73 Å². The molecule has 150 valence electrons. The van der Waals surface area contributed by atoms with Crippen molar-refractivity contribution in [1.29, 1.82) is 0 Å². The van der Waals surface area contributed by atoms with Crippen LogP contribution in [0.3, 0.4) is 0 Å². The van der Waals surface area contributed by atoms with E-state index >= 15 is 0 Å². The van der Waals surface area contributed by atoms with Crippen molar-refractivity contribution in [2.24, 2.45) is 4.99 Å². The molecule has 0 unspecified atom stereocenters. The smallest absolute Gasteiger partial charge is 0.390 e. The number of oxazole rings is 1. The quantitative estimate of drug-likeness (QED) is 0.778. The third-order valence-corrected chi connectivity index (χ3v) is 4.31. The number of amides is 1. The second kappa shape index (κ2) is 7.08. The molecule has 1 aliphatic heterocycles. The molecule has 0 bridgehead atoms. The zero-order valence-corrected chi connectivity index (χ0v) is 15.8. The predicted octanol–water partition coefficient (Wildman–Crippen LogP) is 3.10. The summed E-state index contributed by atoms with van der Waals surface area (Å²) in [5, 5.41) is 13.5. The summed E-state index contributed by atoms with van der Waals surface area (Å²) in [4.78, 5) is 20.1. The lowest BCUT2D eigenvalue weighted by Gasteiger charge is -2.37. The highest BCUT2D eigenvalue weighted by molar-refractivity contribution is 6.07. The Labute approximate surface area is 154 Å². The number of aliphatic imine (C=N–C) groups is 1. The number of rotatable bonds is 6. The van der Waals surface area contributed by atoms with Crippen molar-refractivity contribution >= 4 is 11.7 Å². The van der Waals surface area contributed by atoms with Crippen molar-refractivity contribution in [2.45, 2.75) is 58.2 Å². The topological polar surface area (TPSA) is 91.0 Å². The van der Waals surface area contributed by atoms with Gasteiger partial charge in [0.1, 0.15) is 5.76 Å². The molecule has 1 amide bonds. The van der Waals surface area contributed by atoms with Crippen molar-refractivity contribution < 1.29 is 27.6 Å². The van der Waals surface area contributed by atoms with E-state index in [9.17, 15) is 23.2 Å². The number of amidine groups is 1. The molecule has 0 saturated carbocycles.